The molecule has 0 saturated heterocycles. The van der Waals surface area contributed by atoms with Crippen LogP contribution < -0.4 is 4.90 Å². The molecule has 0 unspecified atom stereocenters. The number of hydrogen-bond acceptors (Lipinski definition) is 3. The van der Waals surface area contributed by atoms with Gasteiger partial charge in [-0.05, 0) is 61.4 Å². The second-order valence-electron chi connectivity index (χ2n) is 5.32. The highest BCUT2D eigenvalue weighted by atomic mass is 32.1. The minimum Gasteiger partial charge on any atom is -0.371 e. The first kappa shape index (κ1) is 13.4. The summed E-state index contributed by atoms with van der Waals surface area (Å²) >= 11 is 1.83. The molecule has 2 nitrogen and oxygen atoms in total. The summed E-state index contributed by atoms with van der Waals surface area (Å²) in [7, 11) is 0. The van der Waals surface area contributed by atoms with Gasteiger partial charge in [-0.1, -0.05) is 6.07 Å². The topological polar surface area (TPSA) is 20.3 Å². The lowest BCUT2D eigenvalue weighted by Gasteiger charge is -2.31. The monoisotopic (exact) mass is 285 g/mol. The maximum atomic E-state index is 11.5. The first-order valence-electron chi connectivity index (χ1n) is 7.15. The van der Waals surface area contributed by atoms with Gasteiger partial charge in [0.15, 0.2) is 5.78 Å². The maximum Gasteiger partial charge on any atom is 0.159 e. The minimum atomic E-state index is 0.156. The number of thiophene rings is 1. The molecule has 2 aromatic rings. The number of carbonyl (C=O) groups is 1. The predicted octanol–water partition coefficient (Wildman–Crippen LogP) is 3.95. The van der Waals surface area contributed by atoms with E-state index < -0.39 is 0 Å². The SMILES string of the molecule is CC(=O)c1ccc2c(c1)CCCN2CCc1cccs1. The van der Waals surface area contributed by atoms with E-state index in [9.17, 15) is 4.79 Å². The molecule has 1 aromatic carbocycles. The second kappa shape index (κ2) is 5.80. The lowest BCUT2D eigenvalue weighted by Crippen LogP contribution is -2.31. The number of hydrogen-bond donors (Lipinski definition) is 0. The average molecular weight is 285 g/mol. The fourth-order valence-electron chi connectivity index (χ4n) is 2.83. The van der Waals surface area contributed by atoms with Gasteiger partial charge in [-0.15, -0.1) is 11.3 Å². The van der Waals surface area contributed by atoms with E-state index in [-0.39, 0.29) is 5.78 Å². The Kier molecular flexibility index (Phi) is 3.88. The molecule has 1 aliphatic rings. The normalized spacial score (nSPS) is 14.2. The summed E-state index contributed by atoms with van der Waals surface area (Å²) in [6.07, 6.45) is 3.37. The van der Waals surface area contributed by atoms with Crippen molar-refractivity contribution in [1.82, 2.24) is 0 Å². The van der Waals surface area contributed by atoms with Crippen LogP contribution in [0.25, 0.3) is 0 Å². The van der Waals surface area contributed by atoms with Crippen LogP contribution in [0.1, 0.15) is 34.1 Å². The fraction of sp³-hybridized carbons (Fsp3) is 0.353. The average Bonchev–Trinajstić information content (AvgIpc) is 2.97. The van der Waals surface area contributed by atoms with E-state index in [1.165, 1.54) is 22.5 Å². The van der Waals surface area contributed by atoms with Crippen LogP contribution in [0.2, 0.25) is 0 Å². The van der Waals surface area contributed by atoms with Crippen molar-refractivity contribution in [1.29, 1.82) is 0 Å². The molecule has 0 atom stereocenters. The van der Waals surface area contributed by atoms with E-state index in [4.69, 9.17) is 0 Å². The highest BCUT2D eigenvalue weighted by Crippen LogP contribution is 2.28. The Hall–Kier alpha value is -1.61. The van der Waals surface area contributed by atoms with E-state index in [2.05, 4.69) is 34.5 Å². The van der Waals surface area contributed by atoms with Gasteiger partial charge in [-0.2, -0.15) is 0 Å². The molecule has 0 bridgehead atoms. The summed E-state index contributed by atoms with van der Waals surface area (Å²) in [5, 5.41) is 2.14. The summed E-state index contributed by atoms with van der Waals surface area (Å²) < 4.78 is 0. The summed E-state index contributed by atoms with van der Waals surface area (Å²) in [5.74, 6) is 0.156. The largest absolute Gasteiger partial charge is 0.371 e. The van der Waals surface area contributed by atoms with Gasteiger partial charge in [0.1, 0.15) is 0 Å². The van der Waals surface area contributed by atoms with Gasteiger partial charge in [-0.3, -0.25) is 4.79 Å². The van der Waals surface area contributed by atoms with Gasteiger partial charge in [0, 0.05) is 29.2 Å². The molecule has 104 valence electrons. The summed E-state index contributed by atoms with van der Waals surface area (Å²) in [5.41, 5.74) is 3.48. The van der Waals surface area contributed by atoms with Crippen molar-refractivity contribution in [3.05, 3.63) is 51.7 Å². The minimum absolute atomic E-state index is 0.156. The van der Waals surface area contributed by atoms with Gasteiger partial charge in [0.25, 0.3) is 0 Å². The molecule has 3 heteroatoms. The van der Waals surface area contributed by atoms with Gasteiger partial charge < -0.3 is 4.90 Å². The number of nitrogens with zero attached hydrogens (tertiary/aromatic N) is 1. The summed E-state index contributed by atoms with van der Waals surface area (Å²) in [6, 6.07) is 10.5. The lowest BCUT2D eigenvalue weighted by molar-refractivity contribution is 0.101. The zero-order valence-corrected chi connectivity index (χ0v) is 12.6. The molecule has 2 heterocycles. The molecule has 1 aliphatic heterocycles. The van der Waals surface area contributed by atoms with Gasteiger partial charge in [0.05, 0.1) is 0 Å². The Morgan fingerprint density at radius 3 is 3.00 bits per heavy atom. The summed E-state index contributed by atoms with van der Waals surface area (Å²) in [4.78, 5) is 15.4. The molecule has 0 spiro atoms. The zero-order chi connectivity index (χ0) is 13.9. The van der Waals surface area contributed by atoms with Crippen LogP contribution in [-0.4, -0.2) is 18.9 Å². The molecule has 1 aromatic heterocycles. The molecule has 0 amide bonds. The molecular formula is C17H19NOS. The number of rotatable bonds is 4. The van der Waals surface area contributed by atoms with Crippen LogP contribution in [0.15, 0.2) is 35.7 Å². The van der Waals surface area contributed by atoms with E-state index in [0.29, 0.717) is 0 Å². The molecular weight excluding hydrogens is 266 g/mol. The fourth-order valence-corrected chi connectivity index (χ4v) is 3.52. The van der Waals surface area contributed by atoms with Crippen LogP contribution in [0, 0.1) is 0 Å². The van der Waals surface area contributed by atoms with Crippen molar-refractivity contribution in [2.75, 3.05) is 18.0 Å². The van der Waals surface area contributed by atoms with Crippen molar-refractivity contribution in [2.24, 2.45) is 0 Å². The van der Waals surface area contributed by atoms with Crippen LogP contribution in [0.5, 0.6) is 0 Å². The first-order chi connectivity index (χ1) is 9.74. The van der Waals surface area contributed by atoms with Crippen molar-refractivity contribution < 1.29 is 4.79 Å². The third-order valence-corrected chi connectivity index (χ3v) is 4.85. The lowest BCUT2D eigenvalue weighted by atomic mass is 9.98. The third-order valence-electron chi connectivity index (χ3n) is 3.91. The van der Waals surface area contributed by atoms with Gasteiger partial charge in [-0.25, -0.2) is 0 Å². The van der Waals surface area contributed by atoms with E-state index in [1.807, 2.05) is 17.4 Å². The molecule has 0 saturated carbocycles. The summed E-state index contributed by atoms with van der Waals surface area (Å²) in [6.45, 7) is 3.82. The molecule has 0 fully saturated rings. The van der Waals surface area contributed by atoms with Crippen molar-refractivity contribution >= 4 is 22.8 Å². The van der Waals surface area contributed by atoms with Crippen molar-refractivity contribution in [2.45, 2.75) is 26.2 Å². The van der Waals surface area contributed by atoms with E-state index >= 15 is 0 Å². The number of Topliss-reactive ketones (excluding diaryl/α,β-unsaturated/α-hetero) is 1. The van der Waals surface area contributed by atoms with Crippen LogP contribution in [0.3, 0.4) is 0 Å². The number of anilines is 1. The maximum absolute atomic E-state index is 11.5. The number of aryl methyl sites for hydroxylation is 1. The Morgan fingerprint density at radius 2 is 2.25 bits per heavy atom. The molecule has 20 heavy (non-hydrogen) atoms. The van der Waals surface area contributed by atoms with Crippen LogP contribution in [-0.2, 0) is 12.8 Å². The molecule has 3 rings (SSSR count). The number of fused-ring (bicyclic) bond motifs is 1. The van der Waals surface area contributed by atoms with E-state index in [1.54, 1.807) is 6.92 Å². The first-order valence-corrected chi connectivity index (χ1v) is 8.03. The van der Waals surface area contributed by atoms with Crippen molar-refractivity contribution in [3.8, 4) is 0 Å². The molecule has 0 aliphatic carbocycles. The number of ketones is 1. The van der Waals surface area contributed by atoms with Gasteiger partial charge in [0.2, 0.25) is 0 Å². The third kappa shape index (κ3) is 2.78. The predicted molar refractivity (Wildman–Crippen MR) is 85.0 cm³/mol. The highest BCUT2D eigenvalue weighted by Gasteiger charge is 2.17. The van der Waals surface area contributed by atoms with Crippen molar-refractivity contribution in [3.63, 3.8) is 0 Å². The van der Waals surface area contributed by atoms with Crippen LogP contribution in [0.4, 0.5) is 5.69 Å². The van der Waals surface area contributed by atoms with E-state index in [0.717, 1.165) is 31.5 Å². The Labute approximate surface area is 124 Å². The van der Waals surface area contributed by atoms with Gasteiger partial charge >= 0.3 is 0 Å². The Balaban J connectivity index is 1.77. The smallest absolute Gasteiger partial charge is 0.159 e. The molecule has 0 N–H and O–H groups in total. The second-order valence-corrected chi connectivity index (χ2v) is 6.35. The Bertz CT molecular complexity index is 603. The van der Waals surface area contributed by atoms with Crippen LogP contribution >= 0.6 is 11.3 Å². The Morgan fingerprint density at radius 1 is 1.35 bits per heavy atom. The molecule has 0 radical (unpaired) electrons. The quantitative estimate of drug-likeness (QED) is 0.793. The number of benzene rings is 1. The highest BCUT2D eigenvalue weighted by molar-refractivity contribution is 7.09. The zero-order valence-electron chi connectivity index (χ0n) is 11.8. The number of carbonyl (C=O) groups excluding carboxylic acids is 1. The standard InChI is InChI=1S/C17H19NOS/c1-13(19)14-6-7-17-15(12-14)4-2-9-18(17)10-8-16-5-3-11-20-16/h3,5-7,11-12H,2,4,8-10H2,1H3.